The van der Waals surface area contributed by atoms with Gasteiger partial charge >= 0.3 is 6.09 Å². The average Bonchev–Trinajstić information content (AvgIpc) is 3.22. The van der Waals surface area contributed by atoms with Gasteiger partial charge in [0.2, 0.25) is 0 Å². The smallest absolute Gasteiger partial charge is 0.409 e. The molecule has 2 N–H and O–H groups in total. The molecule has 2 aliphatic rings. The molecule has 1 amide bonds. The minimum absolute atomic E-state index is 0.201. The molecule has 1 aromatic rings. The van der Waals surface area contributed by atoms with E-state index < -0.39 is 0 Å². The van der Waals surface area contributed by atoms with Crippen molar-refractivity contribution in [1.29, 1.82) is 0 Å². The molecule has 3 rings (SSSR count). The maximum absolute atomic E-state index is 11.9. The Morgan fingerprint density at radius 3 is 2.72 bits per heavy atom. The van der Waals surface area contributed by atoms with E-state index in [9.17, 15) is 4.79 Å². The Hall–Kier alpha value is -2.18. The van der Waals surface area contributed by atoms with Gasteiger partial charge in [0.15, 0.2) is 5.96 Å². The number of ether oxygens (including phenoxy) is 1. The number of nitrogens with one attached hydrogen (secondary N) is 2. The van der Waals surface area contributed by atoms with Crippen molar-refractivity contribution in [3.05, 3.63) is 24.2 Å². The Morgan fingerprint density at radius 2 is 2.03 bits per heavy atom. The topological polar surface area (TPSA) is 79.1 Å². The third kappa shape index (κ3) is 6.98. The van der Waals surface area contributed by atoms with Crippen LogP contribution in [0.25, 0.3) is 0 Å². The van der Waals surface area contributed by atoms with Crippen molar-refractivity contribution in [3.63, 3.8) is 0 Å². The number of piperidine rings is 1. The number of hydrogen-bond donors (Lipinski definition) is 2. The highest BCUT2D eigenvalue weighted by Gasteiger charge is 2.25. The highest BCUT2D eigenvalue weighted by atomic mass is 16.6. The molecule has 29 heavy (non-hydrogen) atoms. The molecule has 0 bridgehead atoms. The number of rotatable bonds is 6. The van der Waals surface area contributed by atoms with Gasteiger partial charge in [0, 0.05) is 38.1 Å². The molecular weight excluding hydrogens is 368 g/mol. The van der Waals surface area contributed by atoms with Gasteiger partial charge in [-0.1, -0.05) is 19.8 Å². The van der Waals surface area contributed by atoms with Crippen molar-refractivity contribution in [3.8, 4) is 0 Å². The Balaban J connectivity index is 1.53. The molecule has 2 heterocycles. The molecule has 2 unspecified atom stereocenters. The van der Waals surface area contributed by atoms with Crippen molar-refractivity contribution < 1.29 is 13.9 Å². The van der Waals surface area contributed by atoms with Crippen LogP contribution in [0.2, 0.25) is 0 Å². The van der Waals surface area contributed by atoms with Crippen LogP contribution in [0, 0.1) is 5.92 Å². The second-order valence-corrected chi connectivity index (χ2v) is 8.28. The first-order valence-electron chi connectivity index (χ1n) is 11.2. The molecule has 1 aromatic heterocycles. The van der Waals surface area contributed by atoms with E-state index in [0.29, 0.717) is 25.2 Å². The van der Waals surface area contributed by atoms with E-state index in [1.54, 1.807) is 11.2 Å². The summed E-state index contributed by atoms with van der Waals surface area (Å²) in [7, 11) is 0. The summed E-state index contributed by atoms with van der Waals surface area (Å²) in [4.78, 5) is 18.5. The fourth-order valence-electron chi connectivity index (χ4n) is 4.24. The fourth-order valence-corrected chi connectivity index (χ4v) is 4.24. The van der Waals surface area contributed by atoms with Crippen LogP contribution in [0.4, 0.5) is 4.79 Å². The molecule has 0 aromatic carbocycles. The zero-order valence-corrected chi connectivity index (χ0v) is 17.9. The van der Waals surface area contributed by atoms with Crippen molar-refractivity contribution in [2.24, 2.45) is 10.9 Å². The van der Waals surface area contributed by atoms with Crippen LogP contribution in [0.5, 0.6) is 0 Å². The predicted molar refractivity (Wildman–Crippen MR) is 114 cm³/mol. The average molecular weight is 405 g/mol. The van der Waals surface area contributed by atoms with E-state index in [1.165, 1.54) is 25.7 Å². The van der Waals surface area contributed by atoms with Gasteiger partial charge in [-0.3, -0.25) is 4.99 Å². The van der Waals surface area contributed by atoms with Gasteiger partial charge in [-0.05, 0) is 50.7 Å². The molecule has 7 nitrogen and oxygen atoms in total. The van der Waals surface area contributed by atoms with Crippen LogP contribution < -0.4 is 10.6 Å². The summed E-state index contributed by atoms with van der Waals surface area (Å²) < 4.78 is 10.5. The lowest BCUT2D eigenvalue weighted by atomic mass is 9.87. The summed E-state index contributed by atoms with van der Waals surface area (Å²) in [6.45, 7) is 6.73. The third-order valence-corrected chi connectivity index (χ3v) is 5.85. The number of guanidine groups is 1. The summed E-state index contributed by atoms with van der Waals surface area (Å²) in [5.41, 5.74) is 0. The second-order valence-electron chi connectivity index (χ2n) is 8.28. The first-order valence-corrected chi connectivity index (χ1v) is 11.2. The Morgan fingerprint density at radius 1 is 1.24 bits per heavy atom. The van der Waals surface area contributed by atoms with Crippen LogP contribution in [-0.4, -0.2) is 55.3 Å². The van der Waals surface area contributed by atoms with Gasteiger partial charge in [0.05, 0.1) is 12.9 Å². The Labute approximate surface area is 174 Å². The number of hydrogen-bond acceptors (Lipinski definition) is 4. The predicted octanol–water partition coefficient (Wildman–Crippen LogP) is 3.56. The van der Waals surface area contributed by atoms with E-state index in [2.05, 4.69) is 17.6 Å². The monoisotopic (exact) mass is 404 g/mol. The third-order valence-electron chi connectivity index (χ3n) is 5.85. The summed E-state index contributed by atoms with van der Waals surface area (Å²) in [5, 5.41) is 7.29. The maximum Gasteiger partial charge on any atom is 0.409 e. The van der Waals surface area contributed by atoms with E-state index in [0.717, 1.165) is 50.0 Å². The van der Waals surface area contributed by atoms with Gasteiger partial charge in [0.1, 0.15) is 5.76 Å². The maximum atomic E-state index is 11.9. The SMILES string of the molecule is CCOC(=O)N1CCC(NC(=NCCc2ccco2)NC2CCCC(C)C2)CC1. The Bertz CT molecular complexity index is 638. The number of likely N-dealkylation sites (tertiary alicyclic amines) is 1. The van der Waals surface area contributed by atoms with E-state index in [1.807, 2.05) is 19.1 Å². The van der Waals surface area contributed by atoms with E-state index >= 15 is 0 Å². The molecular formula is C22H36N4O3. The zero-order valence-electron chi connectivity index (χ0n) is 17.9. The fraction of sp³-hybridized carbons (Fsp3) is 0.727. The van der Waals surface area contributed by atoms with Gasteiger partial charge in [0.25, 0.3) is 0 Å². The largest absolute Gasteiger partial charge is 0.469 e. The summed E-state index contributed by atoms with van der Waals surface area (Å²) in [5.74, 6) is 2.62. The molecule has 0 spiro atoms. The lowest BCUT2D eigenvalue weighted by Gasteiger charge is -2.34. The van der Waals surface area contributed by atoms with Gasteiger partial charge in [-0.15, -0.1) is 0 Å². The minimum atomic E-state index is -0.201. The van der Waals surface area contributed by atoms with Crippen molar-refractivity contribution in [2.75, 3.05) is 26.2 Å². The lowest BCUT2D eigenvalue weighted by Crippen LogP contribution is -2.52. The summed E-state index contributed by atoms with van der Waals surface area (Å²) in [6, 6.07) is 4.70. The highest BCUT2D eigenvalue weighted by molar-refractivity contribution is 5.80. The van der Waals surface area contributed by atoms with Gasteiger partial charge in [-0.25, -0.2) is 4.79 Å². The standard InChI is InChI=1S/C22H36N4O3/c1-3-28-22(27)26-13-10-18(11-14-26)24-21(23-12-9-20-8-5-15-29-20)25-19-7-4-6-17(2)16-19/h5,8,15,17-19H,3-4,6-7,9-14,16H2,1-2H3,(H2,23,24,25). The number of carbonyl (C=O) groups excluding carboxylic acids is 1. The second kappa shape index (κ2) is 11.1. The van der Waals surface area contributed by atoms with Crippen LogP contribution >= 0.6 is 0 Å². The molecule has 1 saturated heterocycles. The van der Waals surface area contributed by atoms with Gasteiger partial charge in [-0.2, -0.15) is 0 Å². The van der Waals surface area contributed by atoms with Crippen LogP contribution in [0.15, 0.2) is 27.8 Å². The van der Waals surface area contributed by atoms with Gasteiger partial charge < -0.3 is 24.7 Å². The molecule has 7 heteroatoms. The van der Waals surface area contributed by atoms with Crippen LogP contribution in [-0.2, 0) is 11.2 Å². The summed E-state index contributed by atoms with van der Waals surface area (Å²) in [6.07, 6.45) is 9.09. The number of carbonyl (C=O) groups is 1. The Kier molecular flexibility index (Phi) is 8.25. The zero-order chi connectivity index (χ0) is 20.5. The molecule has 1 aliphatic carbocycles. The number of amides is 1. The molecule has 162 valence electrons. The number of furan rings is 1. The number of aliphatic imine (C=N–C) groups is 1. The minimum Gasteiger partial charge on any atom is -0.469 e. The summed E-state index contributed by atoms with van der Waals surface area (Å²) >= 11 is 0. The van der Waals surface area contributed by atoms with E-state index in [4.69, 9.17) is 14.1 Å². The van der Waals surface area contributed by atoms with Crippen molar-refractivity contribution in [2.45, 2.75) is 70.9 Å². The molecule has 2 fully saturated rings. The first kappa shape index (κ1) is 21.5. The number of nitrogens with zero attached hydrogens (tertiary/aromatic N) is 2. The highest BCUT2D eigenvalue weighted by Crippen LogP contribution is 2.23. The van der Waals surface area contributed by atoms with Crippen molar-refractivity contribution >= 4 is 12.1 Å². The quantitative estimate of drug-likeness (QED) is 0.560. The normalized spacial score (nSPS) is 23.7. The first-order chi connectivity index (χ1) is 14.1. The lowest BCUT2D eigenvalue weighted by molar-refractivity contribution is 0.0963. The van der Waals surface area contributed by atoms with E-state index in [-0.39, 0.29) is 6.09 Å². The molecule has 1 saturated carbocycles. The van der Waals surface area contributed by atoms with Crippen LogP contribution in [0.1, 0.15) is 58.1 Å². The van der Waals surface area contributed by atoms with Crippen molar-refractivity contribution in [1.82, 2.24) is 15.5 Å². The van der Waals surface area contributed by atoms with Crippen LogP contribution in [0.3, 0.4) is 0 Å². The molecule has 1 aliphatic heterocycles. The molecule has 2 atom stereocenters. The molecule has 0 radical (unpaired) electrons.